The first-order valence-corrected chi connectivity index (χ1v) is 15.5. The monoisotopic (exact) mass is 583 g/mol. The summed E-state index contributed by atoms with van der Waals surface area (Å²) in [5.74, 6) is -2.37. The van der Waals surface area contributed by atoms with Crippen LogP contribution in [0.25, 0.3) is 0 Å². The molecule has 3 saturated heterocycles. The van der Waals surface area contributed by atoms with Crippen LogP contribution >= 0.6 is 11.8 Å². The standard InChI is InChI=1S/C32H45N3O5S/c1-8-18-34(23-14-12-22(13-15-23)33(10-3)11-4)29(38)27-32-17-16-31(7,41-32)26(30(39)40-19-9-2)25(32)28(37)35(27)24(20-36)21(5)6/h8-9,12-15,21,24-27,36H,1-2,10-11,16-20H2,3-7H3/t24-,25-,26-,27?,31+,32?/m0/s1. The Hall–Kier alpha value is -2.78. The smallest absolute Gasteiger partial charge is 0.311 e. The SMILES string of the molecule is C=CCOC(=O)[C@@H]1[C@H]2C(=O)N([C@@H](CO)C(C)C)C(C(=O)N(CC=C)c3ccc(N(CC)CC)cc3)C23CC[C@@]1(C)S3. The second kappa shape index (κ2) is 12.2. The fraction of sp³-hybridized carbons (Fsp3) is 0.594. The third-order valence-electron chi connectivity index (χ3n) is 9.23. The Morgan fingerprint density at radius 3 is 2.32 bits per heavy atom. The molecule has 3 heterocycles. The zero-order valence-corrected chi connectivity index (χ0v) is 25.9. The van der Waals surface area contributed by atoms with E-state index in [0.29, 0.717) is 18.5 Å². The van der Waals surface area contributed by atoms with Crippen molar-refractivity contribution >= 4 is 40.9 Å². The van der Waals surface area contributed by atoms with E-state index in [0.717, 1.165) is 18.8 Å². The number of hydrogen-bond donors (Lipinski definition) is 1. The summed E-state index contributed by atoms with van der Waals surface area (Å²) in [5.41, 5.74) is 1.79. The van der Waals surface area contributed by atoms with Crippen molar-refractivity contribution in [3.8, 4) is 0 Å². The van der Waals surface area contributed by atoms with Crippen molar-refractivity contribution in [2.45, 2.75) is 69.0 Å². The molecular weight excluding hydrogens is 538 g/mol. The van der Waals surface area contributed by atoms with Crippen LogP contribution in [0.15, 0.2) is 49.6 Å². The van der Waals surface area contributed by atoms with E-state index in [-0.39, 0.29) is 37.5 Å². The Balaban J connectivity index is 1.81. The number of benzene rings is 1. The maximum absolute atomic E-state index is 14.8. The van der Waals surface area contributed by atoms with E-state index in [9.17, 15) is 19.5 Å². The highest BCUT2D eigenvalue weighted by Gasteiger charge is 2.78. The average Bonchev–Trinajstić information content (AvgIpc) is 3.52. The molecule has 41 heavy (non-hydrogen) atoms. The minimum absolute atomic E-state index is 0.0674. The van der Waals surface area contributed by atoms with Crippen molar-refractivity contribution in [1.29, 1.82) is 0 Å². The number of likely N-dealkylation sites (tertiary alicyclic amines) is 1. The van der Waals surface area contributed by atoms with Crippen molar-refractivity contribution in [3.05, 3.63) is 49.6 Å². The summed E-state index contributed by atoms with van der Waals surface area (Å²) in [6, 6.07) is 6.49. The van der Waals surface area contributed by atoms with Gasteiger partial charge in [0.1, 0.15) is 12.6 Å². The van der Waals surface area contributed by atoms with Gasteiger partial charge in [-0.2, -0.15) is 0 Å². The first-order chi connectivity index (χ1) is 19.5. The Morgan fingerprint density at radius 1 is 1.15 bits per heavy atom. The van der Waals surface area contributed by atoms with Crippen molar-refractivity contribution in [3.63, 3.8) is 0 Å². The van der Waals surface area contributed by atoms with Gasteiger partial charge in [-0.3, -0.25) is 14.4 Å². The largest absolute Gasteiger partial charge is 0.461 e. The van der Waals surface area contributed by atoms with Crippen LogP contribution < -0.4 is 9.80 Å². The lowest BCUT2D eigenvalue weighted by molar-refractivity contribution is -0.155. The molecule has 0 saturated carbocycles. The molecule has 1 aromatic carbocycles. The number of aliphatic hydroxyl groups is 1. The van der Waals surface area contributed by atoms with Crippen LogP contribution in [-0.2, 0) is 19.1 Å². The molecule has 3 aliphatic heterocycles. The summed E-state index contributed by atoms with van der Waals surface area (Å²) >= 11 is 1.60. The minimum atomic E-state index is -0.842. The van der Waals surface area contributed by atoms with Gasteiger partial charge in [-0.25, -0.2) is 0 Å². The molecule has 0 aliphatic carbocycles. The van der Waals surface area contributed by atoms with Gasteiger partial charge in [0.2, 0.25) is 5.91 Å². The van der Waals surface area contributed by atoms with Crippen LogP contribution in [0, 0.1) is 17.8 Å². The number of fused-ring (bicyclic) bond motifs is 1. The predicted octanol–water partition coefficient (Wildman–Crippen LogP) is 4.28. The number of nitrogens with zero attached hydrogens (tertiary/aromatic N) is 3. The van der Waals surface area contributed by atoms with E-state index in [1.54, 1.807) is 27.6 Å². The molecule has 4 rings (SSSR count). The normalized spacial score (nSPS) is 28.9. The second-order valence-electron chi connectivity index (χ2n) is 11.8. The van der Waals surface area contributed by atoms with Gasteiger partial charge in [0.15, 0.2) is 0 Å². The summed E-state index contributed by atoms with van der Waals surface area (Å²) in [4.78, 5) is 48.2. The van der Waals surface area contributed by atoms with Gasteiger partial charge in [0.25, 0.3) is 5.91 Å². The predicted molar refractivity (Wildman–Crippen MR) is 165 cm³/mol. The second-order valence-corrected chi connectivity index (χ2v) is 13.7. The topological polar surface area (TPSA) is 90.4 Å². The van der Waals surface area contributed by atoms with Crippen LogP contribution in [-0.4, -0.2) is 82.2 Å². The molecule has 2 bridgehead atoms. The van der Waals surface area contributed by atoms with E-state index in [2.05, 4.69) is 31.9 Å². The molecular formula is C32H45N3O5S. The quantitative estimate of drug-likeness (QED) is 0.274. The summed E-state index contributed by atoms with van der Waals surface area (Å²) in [6.45, 7) is 19.5. The van der Waals surface area contributed by atoms with Crippen LogP contribution in [0.3, 0.4) is 0 Å². The molecule has 2 unspecified atom stereocenters. The van der Waals surface area contributed by atoms with Gasteiger partial charge in [0, 0.05) is 35.8 Å². The maximum atomic E-state index is 14.8. The van der Waals surface area contributed by atoms with E-state index >= 15 is 0 Å². The van der Waals surface area contributed by atoms with E-state index in [1.807, 2.05) is 45.0 Å². The van der Waals surface area contributed by atoms with Gasteiger partial charge in [-0.1, -0.05) is 32.6 Å². The number of esters is 1. The van der Waals surface area contributed by atoms with Gasteiger partial charge in [-0.05, 0) is 63.8 Å². The van der Waals surface area contributed by atoms with E-state index < -0.39 is 39.4 Å². The Bertz CT molecular complexity index is 1170. The molecule has 3 fully saturated rings. The molecule has 9 heteroatoms. The lowest BCUT2D eigenvalue weighted by Gasteiger charge is -2.40. The average molecular weight is 584 g/mol. The fourth-order valence-corrected chi connectivity index (χ4v) is 9.57. The molecule has 0 radical (unpaired) electrons. The number of ether oxygens (including phenoxy) is 1. The third-order valence-corrected chi connectivity index (χ3v) is 11.2. The van der Waals surface area contributed by atoms with Crippen molar-refractivity contribution in [2.24, 2.45) is 17.8 Å². The third kappa shape index (κ3) is 5.09. The fourth-order valence-electron chi connectivity index (χ4n) is 7.24. The molecule has 3 aliphatic rings. The lowest BCUT2D eigenvalue weighted by atomic mass is 9.66. The molecule has 8 nitrogen and oxygen atoms in total. The van der Waals surface area contributed by atoms with Gasteiger partial charge in [-0.15, -0.1) is 18.3 Å². The number of carbonyl (C=O) groups is 3. The minimum Gasteiger partial charge on any atom is -0.461 e. The highest BCUT2D eigenvalue weighted by molar-refractivity contribution is 8.02. The number of aliphatic hydroxyl groups excluding tert-OH is 1. The first-order valence-electron chi connectivity index (χ1n) is 14.7. The number of hydrogen-bond acceptors (Lipinski definition) is 7. The summed E-state index contributed by atoms with van der Waals surface area (Å²) in [6.07, 6.45) is 4.53. The molecule has 1 aromatic rings. The summed E-state index contributed by atoms with van der Waals surface area (Å²) in [5, 5.41) is 10.5. The zero-order valence-electron chi connectivity index (χ0n) is 25.0. The summed E-state index contributed by atoms with van der Waals surface area (Å²) in [7, 11) is 0. The van der Waals surface area contributed by atoms with Crippen LogP contribution in [0.1, 0.15) is 47.5 Å². The Labute approximate surface area is 248 Å². The lowest BCUT2D eigenvalue weighted by Crippen LogP contribution is -2.58. The van der Waals surface area contributed by atoms with Crippen LogP contribution in [0.2, 0.25) is 0 Å². The maximum Gasteiger partial charge on any atom is 0.311 e. The molecule has 2 amide bonds. The highest BCUT2D eigenvalue weighted by atomic mass is 32.2. The first kappa shape index (κ1) is 31.2. The van der Waals surface area contributed by atoms with Gasteiger partial charge < -0.3 is 24.5 Å². The number of anilines is 2. The Kier molecular flexibility index (Phi) is 9.29. The van der Waals surface area contributed by atoms with Crippen LogP contribution in [0.4, 0.5) is 11.4 Å². The van der Waals surface area contributed by atoms with E-state index in [1.165, 1.54) is 6.08 Å². The van der Waals surface area contributed by atoms with E-state index in [4.69, 9.17) is 4.74 Å². The zero-order chi connectivity index (χ0) is 30.1. The number of carbonyl (C=O) groups excluding carboxylic acids is 3. The van der Waals surface area contributed by atoms with Crippen molar-refractivity contribution in [2.75, 3.05) is 42.6 Å². The number of amides is 2. The van der Waals surface area contributed by atoms with Crippen molar-refractivity contribution < 1.29 is 24.2 Å². The number of rotatable bonds is 13. The molecule has 224 valence electrons. The molecule has 6 atom stereocenters. The van der Waals surface area contributed by atoms with Gasteiger partial charge >= 0.3 is 5.97 Å². The molecule has 1 spiro atoms. The van der Waals surface area contributed by atoms with Crippen molar-refractivity contribution in [1.82, 2.24) is 4.90 Å². The number of thioether (sulfide) groups is 1. The molecule has 0 aromatic heterocycles. The molecule has 1 N–H and O–H groups in total. The van der Waals surface area contributed by atoms with Gasteiger partial charge in [0.05, 0.1) is 29.2 Å². The van der Waals surface area contributed by atoms with Crippen LogP contribution in [0.5, 0.6) is 0 Å². The Morgan fingerprint density at radius 2 is 1.78 bits per heavy atom. The summed E-state index contributed by atoms with van der Waals surface area (Å²) < 4.78 is 4.19. The highest BCUT2D eigenvalue weighted by Crippen LogP contribution is 2.72.